The van der Waals surface area contributed by atoms with Gasteiger partial charge in [0.15, 0.2) is 5.75 Å². The summed E-state index contributed by atoms with van der Waals surface area (Å²) in [4.78, 5) is 34.1. The highest BCUT2D eigenvalue weighted by Gasteiger charge is 2.31. The minimum atomic E-state index is -4.55. The minimum absolute atomic E-state index is 0.0194. The molecular weight excluding hydrogens is 804 g/mol. The van der Waals surface area contributed by atoms with Gasteiger partial charge in [0, 0.05) is 87.3 Å². The van der Waals surface area contributed by atoms with E-state index in [0.717, 1.165) is 80.7 Å². The molecule has 4 aliphatic rings. The first kappa shape index (κ1) is 41.5. The van der Waals surface area contributed by atoms with Gasteiger partial charge >= 0.3 is 0 Å². The van der Waals surface area contributed by atoms with Crippen LogP contribution in [0.2, 0.25) is 5.02 Å². The molecule has 0 spiro atoms. The number of fused-ring (bicyclic) bond motifs is 1. The molecule has 3 aliphatic heterocycles. The molecule has 1 aliphatic carbocycles. The Bertz CT molecular complexity index is 2460. The van der Waals surface area contributed by atoms with Crippen LogP contribution in [0.15, 0.2) is 94.3 Å². The van der Waals surface area contributed by atoms with Gasteiger partial charge in [-0.25, -0.2) is 13.1 Å². The van der Waals surface area contributed by atoms with Crippen molar-refractivity contribution in [2.75, 3.05) is 62.7 Å². The van der Waals surface area contributed by atoms with E-state index in [1.165, 1.54) is 28.8 Å². The molecule has 1 atom stereocenters. The molecule has 2 N–H and O–H groups in total. The third-order valence-electron chi connectivity index (χ3n) is 11.9. The van der Waals surface area contributed by atoms with Gasteiger partial charge in [0.1, 0.15) is 17.1 Å². The van der Waals surface area contributed by atoms with Crippen molar-refractivity contribution >= 4 is 62.1 Å². The van der Waals surface area contributed by atoms with Crippen molar-refractivity contribution in [1.82, 2.24) is 9.62 Å². The summed E-state index contributed by atoms with van der Waals surface area (Å²) in [5.74, 6) is -0.162. The zero-order valence-corrected chi connectivity index (χ0v) is 35.4. The standard InChI is InChI=1S/C45H49ClN6O7S/c1-45(2)17-14-33(38(26-45)31-6-8-34(46)9-7-31)28-50-19-21-51(22-20-50)35-10-12-37(42(24-35)59-41-5-3-4-32-15-18-47-43(32)41)44(53)49-60(56,57)36-11-13-39(40(25-36)52(54)55)48-27-30-16-23-58-29-30/h3-13,18,24-25,30,48H,14-17,19-23,26-29H2,1-2H3,(H,49,53). The fraction of sp³-hybridized carbons (Fsp3) is 0.378. The maximum atomic E-state index is 13.9. The number of rotatable bonds is 13. The number of nitro benzene ring substituents is 1. The van der Waals surface area contributed by atoms with Crippen molar-refractivity contribution in [2.45, 2.75) is 50.8 Å². The number of sulfonamides is 1. The van der Waals surface area contributed by atoms with E-state index in [1.54, 1.807) is 30.5 Å². The molecule has 8 rings (SSSR count). The van der Waals surface area contributed by atoms with E-state index in [1.807, 2.05) is 24.3 Å². The molecule has 3 heterocycles. The van der Waals surface area contributed by atoms with E-state index in [9.17, 15) is 23.3 Å². The van der Waals surface area contributed by atoms with Gasteiger partial charge in [0.05, 0.1) is 22.0 Å². The molecule has 2 saturated heterocycles. The number of aliphatic imine (C=N–C) groups is 1. The van der Waals surface area contributed by atoms with Crippen LogP contribution >= 0.6 is 11.6 Å². The molecule has 0 aromatic heterocycles. The van der Waals surface area contributed by atoms with Gasteiger partial charge in [-0.1, -0.05) is 55.3 Å². The Morgan fingerprint density at radius 3 is 2.58 bits per heavy atom. The molecule has 4 aromatic carbocycles. The lowest BCUT2D eigenvalue weighted by molar-refractivity contribution is -0.384. The average molecular weight is 853 g/mol. The second-order valence-corrected chi connectivity index (χ2v) is 18.9. The van der Waals surface area contributed by atoms with Crippen LogP contribution in [0, 0.1) is 21.4 Å². The van der Waals surface area contributed by atoms with Crippen LogP contribution in [-0.2, 0) is 21.2 Å². The maximum Gasteiger partial charge on any atom is 0.293 e. The highest BCUT2D eigenvalue weighted by atomic mass is 35.5. The summed E-state index contributed by atoms with van der Waals surface area (Å²) in [7, 11) is -4.55. The topological polar surface area (TPSA) is 156 Å². The van der Waals surface area contributed by atoms with E-state index in [0.29, 0.717) is 37.6 Å². The third kappa shape index (κ3) is 9.36. The number of piperazine rings is 1. The van der Waals surface area contributed by atoms with Gasteiger partial charge in [-0.15, -0.1) is 0 Å². The number of nitrogens with one attached hydrogen (secondary N) is 2. The monoisotopic (exact) mass is 852 g/mol. The van der Waals surface area contributed by atoms with Crippen LogP contribution < -0.4 is 19.7 Å². The van der Waals surface area contributed by atoms with E-state index in [4.69, 9.17) is 21.1 Å². The molecular formula is C45H49ClN6O7S. The molecule has 13 nitrogen and oxygen atoms in total. The van der Waals surface area contributed by atoms with E-state index in [2.05, 4.69) is 50.8 Å². The van der Waals surface area contributed by atoms with Crippen LogP contribution in [0.4, 0.5) is 22.7 Å². The number of halogens is 1. The third-order valence-corrected chi connectivity index (χ3v) is 13.5. The SMILES string of the molecule is CC1(C)CCC(CN2CCN(c3ccc(C(=O)NS(=O)(=O)c4ccc(NCC5CCOC5)c([N+](=O)[O-])c4)c(Oc4cccc5c4N=CC5)c3)CC2)=C(c2ccc(Cl)cc2)C1. The van der Waals surface area contributed by atoms with Crippen molar-refractivity contribution < 1.29 is 27.6 Å². The minimum Gasteiger partial charge on any atom is -0.454 e. The first-order valence-electron chi connectivity index (χ1n) is 20.4. The number of hydrogen-bond acceptors (Lipinski definition) is 11. The number of para-hydroxylation sites is 1. The molecule has 0 radical (unpaired) electrons. The van der Waals surface area contributed by atoms with Crippen LogP contribution in [-0.4, -0.2) is 82.8 Å². The summed E-state index contributed by atoms with van der Waals surface area (Å²) in [6.45, 7) is 10.3. The van der Waals surface area contributed by atoms with Gasteiger partial charge < -0.3 is 19.7 Å². The normalized spacial score (nSPS) is 19.0. The molecule has 314 valence electrons. The number of ether oxygens (including phenoxy) is 2. The first-order valence-corrected chi connectivity index (χ1v) is 22.3. The average Bonchev–Trinajstić information content (AvgIpc) is 3.94. The fourth-order valence-corrected chi connectivity index (χ4v) is 9.52. The Morgan fingerprint density at radius 1 is 1.03 bits per heavy atom. The number of carbonyl (C=O) groups excluding carboxylic acids is 1. The summed E-state index contributed by atoms with van der Waals surface area (Å²) < 4.78 is 41.3. The summed E-state index contributed by atoms with van der Waals surface area (Å²) in [5.41, 5.74) is 6.53. The molecule has 60 heavy (non-hydrogen) atoms. The van der Waals surface area contributed by atoms with Crippen molar-refractivity contribution in [2.24, 2.45) is 16.3 Å². The lowest BCUT2D eigenvalue weighted by Crippen LogP contribution is -2.47. The predicted molar refractivity (Wildman–Crippen MR) is 235 cm³/mol. The predicted octanol–water partition coefficient (Wildman–Crippen LogP) is 8.65. The molecule has 4 aromatic rings. The van der Waals surface area contributed by atoms with E-state index >= 15 is 0 Å². The Balaban J connectivity index is 1.01. The number of anilines is 2. The highest BCUT2D eigenvalue weighted by molar-refractivity contribution is 7.90. The number of benzene rings is 4. The van der Waals surface area contributed by atoms with Gasteiger partial charge in [0.25, 0.3) is 21.6 Å². The lowest BCUT2D eigenvalue weighted by atomic mass is 9.72. The highest BCUT2D eigenvalue weighted by Crippen LogP contribution is 2.44. The molecule has 0 saturated carbocycles. The molecule has 1 amide bonds. The summed E-state index contributed by atoms with van der Waals surface area (Å²) in [6.07, 6.45) is 6.47. The number of allylic oxidation sites excluding steroid dienone is 1. The van der Waals surface area contributed by atoms with Crippen LogP contribution in [0.1, 0.15) is 61.0 Å². The van der Waals surface area contributed by atoms with Crippen molar-refractivity contribution in [3.63, 3.8) is 0 Å². The molecule has 15 heteroatoms. The fourth-order valence-electron chi connectivity index (χ4n) is 8.41. The largest absolute Gasteiger partial charge is 0.454 e. The lowest BCUT2D eigenvalue weighted by Gasteiger charge is -2.39. The van der Waals surface area contributed by atoms with Crippen molar-refractivity contribution in [1.29, 1.82) is 0 Å². The van der Waals surface area contributed by atoms with E-state index < -0.39 is 31.4 Å². The Labute approximate surface area is 355 Å². The maximum absolute atomic E-state index is 13.9. The van der Waals surface area contributed by atoms with Crippen LogP contribution in [0.25, 0.3) is 5.57 Å². The second kappa shape index (κ2) is 17.4. The molecule has 2 fully saturated rings. The summed E-state index contributed by atoms with van der Waals surface area (Å²) >= 11 is 6.24. The zero-order chi connectivity index (χ0) is 42.0. The van der Waals surface area contributed by atoms with Crippen LogP contribution in [0.3, 0.4) is 0 Å². The van der Waals surface area contributed by atoms with Gasteiger partial charge in [0.2, 0.25) is 0 Å². The van der Waals surface area contributed by atoms with Gasteiger partial charge in [-0.2, -0.15) is 0 Å². The Hall–Kier alpha value is -5.28. The van der Waals surface area contributed by atoms with Crippen LogP contribution in [0.5, 0.6) is 11.5 Å². The number of carbonyl (C=O) groups is 1. The molecule has 0 bridgehead atoms. The summed E-state index contributed by atoms with van der Waals surface area (Å²) in [6, 6.07) is 22.4. The number of hydrogen-bond donors (Lipinski definition) is 2. The van der Waals surface area contributed by atoms with Crippen molar-refractivity contribution in [3.8, 4) is 11.5 Å². The van der Waals surface area contributed by atoms with Crippen molar-refractivity contribution in [3.05, 3.63) is 116 Å². The Kier molecular flexibility index (Phi) is 12.0. The van der Waals surface area contributed by atoms with Gasteiger partial charge in [-0.3, -0.25) is 24.8 Å². The van der Waals surface area contributed by atoms with Gasteiger partial charge in [-0.05, 0) is 90.3 Å². The zero-order valence-electron chi connectivity index (χ0n) is 33.8. The molecule has 1 unspecified atom stereocenters. The summed E-state index contributed by atoms with van der Waals surface area (Å²) in [5, 5.41) is 15.8. The van der Waals surface area contributed by atoms with E-state index in [-0.39, 0.29) is 28.3 Å². The number of nitro groups is 1. The second-order valence-electron chi connectivity index (χ2n) is 16.7. The first-order chi connectivity index (χ1) is 28.8. The smallest absolute Gasteiger partial charge is 0.293 e. The Morgan fingerprint density at radius 2 is 1.83 bits per heavy atom. The number of nitrogens with zero attached hydrogens (tertiary/aromatic N) is 4. The quantitative estimate of drug-likeness (QED) is 0.0986. The number of amides is 1.